The van der Waals surface area contributed by atoms with Crippen LogP contribution in [-0.2, 0) is 21.3 Å². The summed E-state index contributed by atoms with van der Waals surface area (Å²) in [5, 5.41) is 5.02. The molecular formula is C24H27N3O4S2. The second-order valence-electron chi connectivity index (χ2n) is 7.73. The summed E-state index contributed by atoms with van der Waals surface area (Å²) in [6.45, 7) is 3.57. The van der Waals surface area contributed by atoms with E-state index in [1.165, 1.54) is 17.0 Å². The predicted molar refractivity (Wildman–Crippen MR) is 129 cm³/mol. The van der Waals surface area contributed by atoms with Crippen molar-refractivity contribution in [3.05, 3.63) is 88.1 Å². The van der Waals surface area contributed by atoms with Crippen LogP contribution in [0, 0.1) is 0 Å². The average molecular weight is 486 g/mol. The molecule has 2 N–H and O–H groups in total. The monoisotopic (exact) mass is 485 g/mol. The molecule has 2 aromatic carbocycles. The minimum atomic E-state index is -3.75. The average Bonchev–Trinajstić information content (AvgIpc) is 3.39. The first-order valence-corrected chi connectivity index (χ1v) is 13.2. The topological polar surface area (TPSA) is 87.7 Å². The quantitative estimate of drug-likeness (QED) is 0.487. The molecule has 0 aliphatic carbocycles. The fourth-order valence-electron chi connectivity index (χ4n) is 3.73. The largest absolute Gasteiger partial charge is 0.379 e. The van der Waals surface area contributed by atoms with Crippen molar-refractivity contribution < 1.29 is 17.9 Å². The van der Waals surface area contributed by atoms with Crippen LogP contribution in [0.2, 0.25) is 0 Å². The first-order chi connectivity index (χ1) is 16.0. The van der Waals surface area contributed by atoms with Gasteiger partial charge in [0.2, 0.25) is 10.0 Å². The lowest BCUT2D eigenvalue weighted by Gasteiger charge is -2.34. The Balaban J connectivity index is 1.42. The van der Waals surface area contributed by atoms with Crippen LogP contribution in [-0.4, -0.2) is 52.1 Å². The van der Waals surface area contributed by atoms with Crippen LogP contribution in [0.1, 0.15) is 26.8 Å². The highest BCUT2D eigenvalue weighted by atomic mass is 32.2. The lowest BCUT2D eigenvalue weighted by Crippen LogP contribution is -2.43. The molecule has 3 aromatic rings. The zero-order valence-corrected chi connectivity index (χ0v) is 19.8. The van der Waals surface area contributed by atoms with Crippen molar-refractivity contribution in [3.63, 3.8) is 0 Å². The Kier molecular flexibility index (Phi) is 7.89. The lowest BCUT2D eigenvalue weighted by atomic mass is 10.1. The van der Waals surface area contributed by atoms with Crippen molar-refractivity contribution in [2.75, 3.05) is 32.8 Å². The summed E-state index contributed by atoms with van der Waals surface area (Å²) in [7, 11) is -3.75. The molecule has 1 aromatic heterocycles. The zero-order chi connectivity index (χ0) is 23.1. The highest BCUT2D eigenvalue weighted by molar-refractivity contribution is 7.89. The first kappa shape index (κ1) is 23.6. The third-order valence-electron chi connectivity index (χ3n) is 5.53. The van der Waals surface area contributed by atoms with Crippen molar-refractivity contribution in [3.8, 4) is 0 Å². The Hall–Kier alpha value is -2.56. The maximum atomic E-state index is 12.9. The van der Waals surface area contributed by atoms with Gasteiger partial charge in [0.1, 0.15) is 0 Å². The molecule has 0 radical (unpaired) electrons. The third kappa shape index (κ3) is 6.27. The molecule has 0 spiro atoms. The van der Waals surface area contributed by atoms with Gasteiger partial charge in [0.15, 0.2) is 0 Å². The minimum absolute atomic E-state index is 0.0531. The van der Waals surface area contributed by atoms with E-state index >= 15 is 0 Å². The van der Waals surface area contributed by atoms with Gasteiger partial charge in [-0.05, 0) is 35.2 Å². The maximum absolute atomic E-state index is 12.9. The standard InChI is InChI=1S/C24H27N3O4S2/c28-24(25-18-22(23-10-5-15-32-23)27-11-13-31-14-12-27)20-8-4-9-21(16-20)33(29,30)26-17-19-6-2-1-3-7-19/h1-10,15-16,22,26H,11-14,17-18H2,(H,25,28)/t22-/m0/s1. The summed E-state index contributed by atoms with van der Waals surface area (Å²) < 4.78 is 33.6. The van der Waals surface area contributed by atoms with Gasteiger partial charge in [-0.1, -0.05) is 42.5 Å². The van der Waals surface area contributed by atoms with Crippen LogP contribution in [0.4, 0.5) is 0 Å². The van der Waals surface area contributed by atoms with Crippen LogP contribution in [0.25, 0.3) is 0 Å². The van der Waals surface area contributed by atoms with Gasteiger partial charge in [0.05, 0.1) is 24.2 Å². The van der Waals surface area contributed by atoms with Crippen LogP contribution in [0.5, 0.6) is 0 Å². The predicted octanol–water partition coefficient (Wildman–Crippen LogP) is 3.03. The molecule has 1 fully saturated rings. The molecule has 2 heterocycles. The van der Waals surface area contributed by atoms with Crippen molar-refractivity contribution in [2.45, 2.75) is 17.5 Å². The number of morpholine rings is 1. The summed E-state index contributed by atoms with van der Waals surface area (Å²) >= 11 is 1.66. The van der Waals surface area contributed by atoms with E-state index in [4.69, 9.17) is 4.74 Å². The van der Waals surface area contributed by atoms with Crippen molar-refractivity contribution in [2.24, 2.45) is 0 Å². The summed E-state index contributed by atoms with van der Waals surface area (Å²) in [6, 6.07) is 19.5. The van der Waals surface area contributed by atoms with E-state index < -0.39 is 10.0 Å². The number of hydrogen-bond donors (Lipinski definition) is 2. The van der Waals surface area contributed by atoms with Crippen LogP contribution >= 0.6 is 11.3 Å². The molecule has 0 unspecified atom stereocenters. The van der Waals surface area contributed by atoms with Gasteiger partial charge in [-0.15, -0.1) is 11.3 Å². The molecule has 0 bridgehead atoms. The number of nitrogens with one attached hydrogen (secondary N) is 2. The number of carbonyl (C=O) groups is 1. The number of benzene rings is 2. The van der Waals surface area contributed by atoms with Crippen LogP contribution < -0.4 is 10.0 Å². The number of carbonyl (C=O) groups excluding carboxylic acids is 1. The molecule has 1 amide bonds. The molecular weight excluding hydrogens is 458 g/mol. The van der Waals surface area contributed by atoms with Crippen molar-refractivity contribution in [1.82, 2.24) is 14.9 Å². The maximum Gasteiger partial charge on any atom is 0.251 e. The van der Waals surface area contributed by atoms with Gasteiger partial charge >= 0.3 is 0 Å². The highest BCUT2D eigenvalue weighted by Crippen LogP contribution is 2.25. The second-order valence-corrected chi connectivity index (χ2v) is 10.5. The number of sulfonamides is 1. The van der Waals surface area contributed by atoms with Crippen molar-refractivity contribution in [1.29, 1.82) is 0 Å². The molecule has 1 atom stereocenters. The molecule has 0 saturated carbocycles. The lowest BCUT2D eigenvalue weighted by molar-refractivity contribution is 0.0169. The number of thiophene rings is 1. The van der Waals surface area contributed by atoms with Crippen molar-refractivity contribution >= 4 is 27.3 Å². The second kappa shape index (κ2) is 11.0. The Morgan fingerprint density at radius 2 is 1.82 bits per heavy atom. The fraction of sp³-hybridized carbons (Fsp3) is 0.292. The molecule has 1 aliphatic heterocycles. The Labute approximate surface area is 198 Å². The van der Waals surface area contributed by atoms with Gasteiger partial charge < -0.3 is 10.1 Å². The summed E-state index contributed by atoms with van der Waals surface area (Å²) in [6.07, 6.45) is 0. The Morgan fingerprint density at radius 3 is 2.55 bits per heavy atom. The number of amides is 1. The van der Waals surface area contributed by atoms with Crippen LogP contribution in [0.3, 0.4) is 0 Å². The number of hydrogen-bond acceptors (Lipinski definition) is 6. The summed E-state index contributed by atoms with van der Waals surface area (Å²) in [4.78, 5) is 16.4. The molecule has 9 heteroatoms. The molecule has 7 nitrogen and oxygen atoms in total. The third-order valence-corrected chi connectivity index (χ3v) is 7.90. The zero-order valence-electron chi connectivity index (χ0n) is 18.1. The Morgan fingerprint density at radius 1 is 1.03 bits per heavy atom. The van der Waals surface area contributed by atoms with Crippen LogP contribution in [0.15, 0.2) is 77.0 Å². The molecule has 1 aliphatic rings. The van der Waals surface area contributed by atoms with Gasteiger partial charge in [-0.2, -0.15) is 0 Å². The summed E-state index contributed by atoms with van der Waals surface area (Å²) in [5.74, 6) is -0.301. The molecule has 174 valence electrons. The van der Waals surface area contributed by atoms with E-state index in [0.717, 1.165) is 18.7 Å². The van der Waals surface area contributed by atoms with Gasteiger partial charge in [-0.3, -0.25) is 9.69 Å². The minimum Gasteiger partial charge on any atom is -0.379 e. The van der Waals surface area contributed by atoms with E-state index in [9.17, 15) is 13.2 Å². The Bertz CT molecular complexity index is 1150. The van der Waals surface area contributed by atoms with E-state index in [1.807, 2.05) is 41.8 Å². The van der Waals surface area contributed by atoms with E-state index in [-0.39, 0.29) is 23.4 Å². The van der Waals surface area contributed by atoms with E-state index in [0.29, 0.717) is 25.3 Å². The van der Waals surface area contributed by atoms with E-state index in [1.54, 1.807) is 23.5 Å². The van der Waals surface area contributed by atoms with Gasteiger partial charge in [-0.25, -0.2) is 13.1 Å². The smallest absolute Gasteiger partial charge is 0.251 e. The van der Waals surface area contributed by atoms with Gasteiger partial charge in [0.25, 0.3) is 5.91 Å². The SMILES string of the molecule is O=C(NC[C@@H](c1cccs1)N1CCOCC1)c1cccc(S(=O)(=O)NCc2ccccc2)c1. The number of rotatable bonds is 9. The fourth-order valence-corrected chi connectivity index (χ4v) is 5.66. The molecule has 33 heavy (non-hydrogen) atoms. The molecule has 4 rings (SSSR count). The number of ether oxygens (including phenoxy) is 1. The number of nitrogens with zero attached hydrogens (tertiary/aromatic N) is 1. The first-order valence-electron chi connectivity index (χ1n) is 10.8. The summed E-state index contributed by atoms with van der Waals surface area (Å²) in [5.41, 5.74) is 1.17. The molecule has 1 saturated heterocycles. The van der Waals surface area contributed by atoms with Gasteiger partial charge in [0, 0.05) is 36.6 Å². The van der Waals surface area contributed by atoms with E-state index in [2.05, 4.69) is 21.0 Å². The highest BCUT2D eigenvalue weighted by Gasteiger charge is 2.24. The normalized spacial score (nSPS) is 15.8.